The van der Waals surface area contributed by atoms with Gasteiger partial charge in [0.1, 0.15) is 0 Å². The van der Waals surface area contributed by atoms with Crippen LogP contribution in [0, 0.1) is 0 Å². The summed E-state index contributed by atoms with van der Waals surface area (Å²) in [5.74, 6) is 1.90. The molecule has 26 heavy (non-hydrogen) atoms. The van der Waals surface area contributed by atoms with Gasteiger partial charge < -0.3 is 19.1 Å². The second-order valence-electron chi connectivity index (χ2n) is 6.16. The zero-order chi connectivity index (χ0) is 18.5. The SMILES string of the molecule is COc1ccc(CCC(=O)N2CCC(n3ccnn3)C2)c(OC)c1OC. The summed E-state index contributed by atoms with van der Waals surface area (Å²) >= 11 is 0. The van der Waals surface area contributed by atoms with Gasteiger partial charge in [0.15, 0.2) is 11.5 Å². The Bertz CT molecular complexity index is 748. The summed E-state index contributed by atoms with van der Waals surface area (Å²) < 4.78 is 18.0. The summed E-state index contributed by atoms with van der Waals surface area (Å²) in [6.45, 7) is 1.41. The van der Waals surface area contributed by atoms with E-state index in [1.165, 1.54) is 0 Å². The fraction of sp³-hybridized carbons (Fsp3) is 0.500. The lowest BCUT2D eigenvalue weighted by molar-refractivity contribution is -0.130. The maximum atomic E-state index is 12.6. The maximum Gasteiger partial charge on any atom is 0.222 e. The molecule has 1 aromatic carbocycles. The van der Waals surface area contributed by atoms with Gasteiger partial charge in [-0.1, -0.05) is 11.3 Å². The van der Waals surface area contributed by atoms with Gasteiger partial charge in [-0.2, -0.15) is 0 Å². The first kappa shape index (κ1) is 18.0. The monoisotopic (exact) mass is 360 g/mol. The molecule has 1 unspecified atom stereocenters. The predicted molar refractivity (Wildman–Crippen MR) is 94.7 cm³/mol. The molecular weight excluding hydrogens is 336 g/mol. The van der Waals surface area contributed by atoms with E-state index in [9.17, 15) is 4.79 Å². The smallest absolute Gasteiger partial charge is 0.222 e. The third-order valence-electron chi connectivity index (χ3n) is 4.73. The van der Waals surface area contributed by atoms with Gasteiger partial charge in [-0.05, 0) is 24.5 Å². The number of carbonyl (C=O) groups is 1. The standard InChI is InChI=1S/C18H24N4O4/c1-24-15-6-4-13(17(25-2)18(15)26-3)5-7-16(23)21-10-8-14(12-21)22-11-9-19-20-22/h4,6,9,11,14H,5,7-8,10,12H2,1-3H3. The van der Waals surface area contributed by atoms with E-state index in [0.717, 1.165) is 18.5 Å². The summed E-state index contributed by atoms with van der Waals surface area (Å²) in [4.78, 5) is 14.5. The van der Waals surface area contributed by atoms with Gasteiger partial charge in [0.2, 0.25) is 11.7 Å². The van der Waals surface area contributed by atoms with Crippen LogP contribution in [0.1, 0.15) is 24.4 Å². The van der Waals surface area contributed by atoms with Gasteiger partial charge in [-0.3, -0.25) is 4.79 Å². The van der Waals surface area contributed by atoms with Crippen molar-refractivity contribution in [3.8, 4) is 17.2 Å². The van der Waals surface area contributed by atoms with Crippen molar-refractivity contribution in [2.45, 2.75) is 25.3 Å². The molecule has 2 heterocycles. The van der Waals surface area contributed by atoms with E-state index in [0.29, 0.717) is 36.6 Å². The Morgan fingerprint density at radius 1 is 1.19 bits per heavy atom. The van der Waals surface area contributed by atoms with Crippen molar-refractivity contribution in [2.75, 3.05) is 34.4 Å². The molecule has 0 bridgehead atoms. The molecule has 0 spiro atoms. The minimum absolute atomic E-state index is 0.129. The van der Waals surface area contributed by atoms with E-state index >= 15 is 0 Å². The lowest BCUT2D eigenvalue weighted by Gasteiger charge is -2.18. The molecule has 140 valence electrons. The van der Waals surface area contributed by atoms with E-state index in [1.54, 1.807) is 27.5 Å². The molecule has 1 aliphatic heterocycles. The topological polar surface area (TPSA) is 78.7 Å². The molecule has 3 rings (SSSR count). The van der Waals surface area contributed by atoms with Gasteiger partial charge in [-0.15, -0.1) is 5.10 Å². The normalized spacial score (nSPS) is 16.6. The summed E-state index contributed by atoms with van der Waals surface area (Å²) in [5, 5.41) is 7.87. The van der Waals surface area contributed by atoms with Crippen LogP contribution < -0.4 is 14.2 Å². The predicted octanol–water partition coefficient (Wildman–Crippen LogP) is 1.71. The summed E-state index contributed by atoms with van der Waals surface area (Å²) in [6, 6.07) is 3.95. The molecule has 0 N–H and O–H groups in total. The second kappa shape index (κ2) is 8.07. The number of aromatic nitrogens is 3. The van der Waals surface area contributed by atoms with Crippen molar-refractivity contribution < 1.29 is 19.0 Å². The molecule has 2 aromatic rings. The van der Waals surface area contributed by atoms with E-state index < -0.39 is 0 Å². The van der Waals surface area contributed by atoms with Crippen molar-refractivity contribution in [3.63, 3.8) is 0 Å². The first-order valence-corrected chi connectivity index (χ1v) is 8.59. The number of hydrogen-bond acceptors (Lipinski definition) is 6. The molecule has 1 aliphatic rings. The number of ether oxygens (including phenoxy) is 3. The Morgan fingerprint density at radius 2 is 2.00 bits per heavy atom. The van der Waals surface area contributed by atoms with Crippen molar-refractivity contribution >= 4 is 5.91 Å². The number of likely N-dealkylation sites (tertiary alicyclic amines) is 1. The van der Waals surface area contributed by atoms with Gasteiger partial charge >= 0.3 is 0 Å². The van der Waals surface area contributed by atoms with Crippen molar-refractivity contribution in [2.24, 2.45) is 0 Å². The zero-order valence-corrected chi connectivity index (χ0v) is 15.3. The Balaban J connectivity index is 1.63. The van der Waals surface area contributed by atoms with Crippen LogP contribution in [0.15, 0.2) is 24.5 Å². The van der Waals surface area contributed by atoms with Gasteiger partial charge in [0, 0.05) is 25.7 Å². The third-order valence-corrected chi connectivity index (χ3v) is 4.73. The second-order valence-corrected chi connectivity index (χ2v) is 6.16. The van der Waals surface area contributed by atoms with Crippen LogP contribution in [0.25, 0.3) is 0 Å². The van der Waals surface area contributed by atoms with Crippen LogP contribution in [0.5, 0.6) is 17.2 Å². The minimum Gasteiger partial charge on any atom is -0.493 e. The molecule has 0 radical (unpaired) electrons. The number of rotatable bonds is 7. The van der Waals surface area contributed by atoms with Crippen LogP contribution in [0.2, 0.25) is 0 Å². The number of methoxy groups -OCH3 is 3. The van der Waals surface area contributed by atoms with Crippen LogP contribution >= 0.6 is 0 Å². The summed E-state index contributed by atoms with van der Waals surface area (Å²) in [5.41, 5.74) is 0.922. The molecule has 0 saturated carbocycles. The number of benzene rings is 1. The first-order valence-electron chi connectivity index (χ1n) is 8.59. The van der Waals surface area contributed by atoms with Gasteiger partial charge in [-0.25, -0.2) is 4.68 Å². The molecule has 1 fully saturated rings. The Kier molecular flexibility index (Phi) is 5.60. The number of hydrogen-bond donors (Lipinski definition) is 0. The van der Waals surface area contributed by atoms with E-state index in [1.807, 2.05) is 27.9 Å². The Labute approximate surface area is 152 Å². The van der Waals surface area contributed by atoms with Crippen LogP contribution in [0.3, 0.4) is 0 Å². The zero-order valence-electron chi connectivity index (χ0n) is 15.3. The highest BCUT2D eigenvalue weighted by atomic mass is 16.5. The van der Waals surface area contributed by atoms with E-state index in [4.69, 9.17) is 14.2 Å². The summed E-state index contributed by atoms with van der Waals surface area (Å²) in [7, 11) is 4.75. The third kappa shape index (κ3) is 3.58. The minimum atomic E-state index is 0.129. The van der Waals surface area contributed by atoms with Crippen molar-refractivity contribution in [3.05, 3.63) is 30.1 Å². The van der Waals surface area contributed by atoms with Crippen LogP contribution in [-0.2, 0) is 11.2 Å². The molecule has 1 saturated heterocycles. The van der Waals surface area contributed by atoms with Gasteiger partial charge in [0.05, 0.1) is 33.6 Å². The molecule has 8 heteroatoms. The molecular formula is C18H24N4O4. The van der Waals surface area contributed by atoms with Crippen molar-refractivity contribution in [1.82, 2.24) is 19.9 Å². The highest BCUT2D eigenvalue weighted by Crippen LogP contribution is 2.40. The van der Waals surface area contributed by atoms with Crippen LogP contribution in [0.4, 0.5) is 0 Å². The number of carbonyl (C=O) groups excluding carboxylic acids is 1. The first-order chi connectivity index (χ1) is 12.7. The molecule has 1 atom stereocenters. The molecule has 8 nitrogen and oxygen atoms in total. The number of aryl methyl sites for hydroxylation is 1. The quantitative estimate of drug-likeness (QED) is 0.748. The van der Waals surface area contributed by atoms with E-state index in [-0.39, 0.29) is 11.9 Å². The molecule has 1 amide bonds. The average Bonchev–Trinajstić information content (AvgIpc) is 3.36. The van der Waals surface area contributed by atoms with E-state index in [2.05, 4.69) is 10.3 Å². The van der Waals surface area contributed by atoms with Crippen molar-refractivity contribution in [1.29, 1.82) is 0 Å². The average molecular weight is 360 g/mol. The highest BCUT2D eigenvalue weighted by Gasteiger charge is 2.28. The lowest BCUT2D eigenvalue weighted by atomic mass is 10.1. The number of nitrogens with zero attached hydrogens (tertiary/aromatic N) is 4. The van der Waals surface area contributed by atoms with Gasteiger partial charge in [0.25, 0.3) is 0 Å². The largest absolute Gasteiger partial charge is 0.493 e. The highest BCUT2D eigenvalue weighted by molar-refractivity contribution is 5.77. The fourth-order valence-electron chi connectivity index (χ4n) is 3.36. The Hall–Kier alpha value is -2.77. The molecule has 0 aliphatic carbocycles. The number of amides is 1. The van der Waals surface area contributed by atoms with Crippen LogP contribution in [-0.4, -0.2) is 60.2 Å². The lowest BCUT2D eigenvalue weighted by Crippen LogP contribution is -2.29. The summed E-state index contributed by atoms with van der Waals surface area (Å²) in [6.07, 6.45) is 5.39. The Morgan fingerprint density at radius 3 is 2.65 bits per heavy atom. The molecule has 1 aromatic heterocycles. The fourth-order valence-corrected chi connectivity index (χ4v) is 3.36. The maximum absolute atomic E-state index is 12.6.